The van der Waals surface area contributed by atoms with Gasteiger partial charge in [0.15, 0.2) is 11.2 Å². The number of urea groups is 1. The van der Waals surface area contributed by atoms with Crippen molar-refractivity contribution >= 4 is 49.6 Å². The van der Waals surface area contributed by atoms with Gasteiger partial charge in [-0.15, -0.1) is 0 Å². The monoisotopic (exact) mass is 288 g/mol. The minimum atomic E-state index is -0.805. The molecule has 4 rings (SSSR count). The second-order valence-electron chi connectivity index (χ2n) is 4.42. The van der Waals surface area contributed by atoms with Crippen LogP contribution in [-0.4, -0.2) is 16.9 Å². The van der Waals surface area contributed by atoms with E-state index in [0.717, 1.165) is 15.6 Å². The van der Waals surface area contributed by atoms with Gasteiger partial charge in [-0.25, -0.2) is 9.78 Å². The number of rotatable bonds is 1. The molecule has 0 bridgehead atoms. The second-order valence-corrected chi connectivity index (χ2v) is 5.48. The molecule has 0 saturated carbocycles. The number of fused-ring (bicyclic) bond motifs is 3. The van der Waals surface area contributed by atoms with E-state index in [0.29, 0.717) is 16.5 Å². The molecular weight excluding hydrogens is 280 g/mol. The van der Waals surface area contributed by atoms with Gasteiger partial charge in [-0.05, 0) is 18.2 Å². The summed E-state index contributed by atoms with van der Waals surface area (Å²) in [7, 11) is 0. The van der Waals surface area contributed by atoms with E-state index in [1.54, 1.807) is 12.1 Å². The number of carbonyl (C=O) groups is 2. The number of nitrogen functional groups attached to an aromatic ring is 1. The summed E-state index contributed by atoms with van der Waals surface area (Å²) < 4.78 is 6.58. The van der Waals surface area contributed by atoms with Gasteiger partial charge in [-0.2, -0.15) is 0 Å². The molecule has 8 heteroatoms. The number of amides is 3. The molecule has 1 saturated heterocycles. The van der Waals surface area contributed by atoms with Gasteiger partial charge in [-0.1, -0.05) is 11.3 Å². The highest BCUT2D eigenvalue weighted by atomic mass is 32.1. The Labute approximate surface area is 115 Å². The van der Waals surface area contributed by atoms with Crippen LogP contribution in [0.2, 0.25) is 0 Å². The van der Waals surface area contributed by atoms with E-state index >= 15 is 0 Å². The molecule has 7 nitrogen and oxygen atoms in total. The molecule has 1 fully saturated rings. The predicted molar refractivity (Wildman–Crippen MR) is 73.2 cm³/mol. The van der Waals surface area contributed by atoms with Gasteiger partial charge < -0.3 is 15.5 Å². The van der Waals surface area contributed by atoms with Crippen LogP contribution in [0.4, 0.5) is 9.93 Å². The smallest absolute Gasteiger partial charge is 0.322 e. The minimum Gasteiger partial charge on any atom is -0.458 e. The van der Waals surface area contributed by atoms with E-state index in [1.165, 1.54) is 11.3 Å². The van der Waals surface area contributed by atoms with Crippen molar-refractivity contribution in [2.24, 2.45) is 0 Å². The van der Waals surface area contributed by atoms with Crippen LogP contribution in [0, 0.1) is 0 Å². The van der Waals surface area contributed by atoms with Gasteiger partial charge in [0.2, 0.25) is 0 Å². The maximum absolute atomic E-state index is 11.6. The highest BCUT2D eigenvalue weighted by molar-refractivity contribution is 7.22. The molecular formula is C12H8N4O3S. The van der Waals surface area contributed by atoms with E-state index in [2.05, 4.69) is 15.6 Å². The summed E-state index contributed by atoms with van der Waals surface area (Å²) in [4.78, 5) is 27.1. The number of furan rings is 1. The van der Waals surface area contributed by atoms with Crippen molar-refractivity contribution < 1.29 is 14.0 Å². The van der Waals surface area contributed by atoms with Crippen molar-refractivity contribution in [3.63, 3.8) is 0 Å². The standard InChI is InChI=1S/C12H8N4O3S/c13-11-14-8-4-3-6(9-10(17)16-12(18)15-9)19-5(4)1-2-7(8)20-11/h1-3,9H,(H2,13,14)(H2,15,16,17,18). The number of hydrogen-bond donors (Lipinski definition) is 3. The first-order valence-electron chi connectivity index (χ1n) is 5.81. The number of anilines is 1. The molecule has 0 aliphatic carbocycles. The molecule has 1 aromatic carbocycles. The fourth-order valence-corrected chi connectivity index (χ4v) is 3.05. The van der Waals surface area contributed by atoms with E-state index in [1.807, 2.05) is 6.07 Å². The number of benzene rings is 1. The van der Waals surface area contributed by atoms with Gasteiger partial charge in [0.05, 0.1) is 10.2 Å². The topological polar surface area (TPSA) is 110 Å². The first-order chi connectivity index (χ1) is 9.61. The lowest BCUT2D eigenvalue weighted by Crippen LogP contribution is -2.22. The lowest BCUT2D eigenvalue weighted by molar-refractivity contribution is -0.120. The minimum absolute atomic E-state index is 0.377. The van der Waals surface area contributed by atoms with Crippen LogP contribution in [0.3, 0.4) is 0 Å². The molecule has 1 aliphatic heterocycles. The molecule has 3 heterocycles. The Bertz CT molecular complexity index is 881. The summed E-state index contributed by atoms with van der Waals surface area (Å²) in [6, 6.07) is 4.05. The number of hydrogen-bond acceptors (Lipinski definition) is 6. The van der Waals surface area contributed by atoms with Crippen molar-refractivity contribution in [3.05, 3.63) is 24.0 Å². The summed E-state index contributed by atoms with van der Waals surface area (Å²) in [6.07, 6.45) is 0. The molecule has 20 heavy (non-hydrogen) atoms. The van der Waals surface area contributed by atoms with Crippen LogP contribution in [-0.2, 0) is 4.79 Å². The van der Waals surface area contributed by atoms with Gasteiger partial charge in [0.1, 0.15) is 11.3 Å². The van der Waals surface area contributed by atoms with E-state index in [9.17, 15) is 9.59 Å². The summed E-state index contributed by atoms with van der Waals surface area (Å²) >= 11 is 1.39. The number of aromatic nitrogens is 1. The number of thiazole rings is 1. The third kappa shape index (κ3) is 1.48. The maximum Gasteiger partial charge on any atom is 0.322 e. The number of nitrogens with one attached hydrogen (secondary N) is 2. The quantitative estimate of drug-likeness (QED) is 0.588. The molecule has 1 unspecified atom stereocenters. The predicted octanol–water partition coefficient (Wildman–Crippen LogP) is 1.51. The fraction of sp³-hybridized carbons (Fsp3) is 0.0833. The average Bonchev–Trinajstić information content (AvgIpc) is 3.04. The molecule has 100 valence electrons. The van der Waals surface area contributed by atoms with E-state index < -0.39 is 18.0 Å². The zero-order chi connectivity index (χ0) is 13.9. The summed E-state index contributed by atoms with van der Waals surface area (Å²) in [5.41, 5.74) is 7.05. The first-order valence-corrected chi connectivity index (χ1v) is 6.63. The lowest BCUT2D eigenvalue weighted by atomic mass is 10.2. The molecule has 0 radical (unpaired) electrons. The molecule has 2 aromatic heterocycles. The Morgan fingerprint density at radius 3 is 2.95 bits per heavy atom. The van der Waals surface area contributed by atoms with Crippen LogP contribution < -0.4 is 16.4 Å². The summed E-state index contributed by atoms with van der Waals surface area (Å²) in [5, 5.41) is 5.92. The Morgan fingerprint density at radius 2 is 2.20 bits per heavy atom. The second kappa shape index (κ2) is 3.70. The Hall–Kier alpha value is -2.61. The van der Waals surface area contributed by atoms with Crippen LogP contribution in [0.5, 0.6) is 0 Å². The molecule has 0 spiro atoms. The molecule has 1 atom stereocenters. The van der Waals surface area contributed by atoms with Crippen LogP contribution >= 0.6 is 11.3 Å². The average molecular weight is 288 g/mol. The van der Waals surface area contributed by atoms with Crippen molar-refractivity contribution in [2.45, 2.75) is 6.04 Å². The van der Waals surface area contributed by atoms with Crippen LogP contribution in [0.15, 0.2) is 22.6 Å². The number of nitrogens with two attached hydrogens (primary N) is 1. The van der Waals surface area contributed by atoms with Crippen molar-refractivity contribution in [1.29, 1.82) is 0 Å². The third-order valence-corrected chi connectivity index (χ3v) is 4.00. The summed E-state index contributed by atoms with van der Waals surface area (Å²) in [5.74, 6) is -0.0505. The van der Waals surface area contributed by atoms with Gasteiger partial charge in [-0.3, -0.25) is 10.1 Å². The molecule has 1 aliphatic rings. The highest BCUT2D eigenvalue weighted by Crippen LogP contribution is 2.34. The first kappa shape index (κ1) is 11.2. The highest BCUT2D eigenvalue weighted by Gasteiger charge is 2.33. The van der Waals surface area contributed by atoms with Crippen molar-refractivity contribution in [3.8, 4) is 0 Å². The van der Waals surface area contributed by atoms with E-state index in [-0.39, 0.29) is 0 Å². The fourth-order valence-electron chi connectivity index (χ4n) is 2.30. The lowest BCUT2D eigenvalue weighted by Gasteiger charge is -2.00. The Balaban J connectivity index is 1.92. The molecule has 3 aromatic rings. The zero-order valence-corrected chi connectivity index (χ0v) is 10.8. The third-order valence-electron chi connectivity index (χ3n) is 3.15. The number of imide groups is 1. The van der Waals surface area contributed by atoms with Gasteiger partial charge >= 0.3 is 6.03 Å². The zero-order valence-electron chi connectivity index (χ0n) is 9.97. The largest absolute Gasteiger partial charge is 0.458 e. The normalized spacial score (nSPS) is 18.7. The van der Waals surface area contributed by atoms with Crippen molar-refractivity contribution in [2.75, 3.05) is 5.73 Å². The number of nitrogens with zero attached hydrogens (tertiary/aromatic N) is 1. The van der Waals surface area contributed by atoms with E-state index in [4.69, 9.17) is 10.2 Å². The molecule has 3 amide bonds. The van der Waals surface area contributed by atoms with Crippen LogP contribution in [0.25, 0.3) is 21.2 Å². The van der Waals surface area contributed by atoms with Crippen LogP contribution in [0.1, 0.15) is 11.8 Å². The molecule has 4 N–H and O–H groups in total. The van der Waals surface area contributed by atoms with Gasteiger partial charge in [0, 0.05) is 5.39 Å². The summed E-state index contributed by atoms with van der Waals surface area (Å²) in [6.45, 7) is 0. The Morgan fingerprint density at radius 1 is 1.35 bits per heavy atom. The van der Waals surface area contributed by atoms with Crippen molar-refractivity contribution in [1.82, 2.24) is 15.6 Å². The number of carbonyl (C=O) groups excluding carboxylic acids is 2. The Kier molecular flexibility index (Phi) is 2.08. The van der Waals surface area contributed by atoms with Gasteiger partial charge in [0.25, 0.3) is 5.91 Å². The maximum atomic E-state index is 11.6. The SMILES string of the molecule is Nc1nc2c(ccc3oc(C4NC(=O)NC4=O)cc32)s1.